The van der Waals surface area contributed by atoms with Crippen LogP contribution in [0.15, 0.2) is 12.2 Å². The second-order valence-electron chi connectivity index (χ2n) is 6.27. The average molecular weight is 370 g/mol. The van der Waals surface area contributed by atoms with Crippen LogP contribution in [0.4, 0.5) is 0 Å². The number of allylic oxidation sites excluding steroid dienone is 2. The molecule has 0 bridgehead atoms. The van der Waals surface area contributed by atoms with Gasteiger partial charge in [0.1, 0.15) is 0 Å². The maximum absolute atomic E-state index is 11.0. The molecule has 0 fully saturated rings. The standard InChI is InChI=1S/C18H35O4P.Na.H/c1-2-3-4-5-6-7-8-9-10-11-12-13-14-15-16-17-18(19)23(20,21)22;;/h9-10H,2-8,11-17H2,1H3,(H2,20,21,22);;/q;+1;-1. The van der Waals surface area contributed by atoms with Gasteiger partial charge in [0.25, 0.3) is 0 Å². The van der Waals surface area contributed by atoms with E-state index in [1.54, 1.807) is 0 Å². The maximum Gasteiger partial charge on any atom is 1.00 e. The van der Waals surface area contributed by atoms with Crippen molar-refractivity contribution >= 4 is 13.1 Å². The van der Waals surface area contributed by atoms with Crippen LogP contribution in [0.25, 0.3) is 0 Å². The monoisotopic (exact) mass is 370 g/mol. The van der Waals surface area contributed by atoms with E-state index in [0.29, 0.717) is 6.42 Å². The summed E-state index contributed by atoms with van der Waals surface area (Å²) in [5.41, 5.74) is -0.921. The fourth-order valence-electron chi connectivity index (χ4n) is 2.49. The minimum Gasteiger partial charge on any atom is -1.00 e. The van der Waals surface area contributed by atoms with Gasteiger partial charge in [-0.2, -0.15) is 0 Å². The van der Waals surface area contributed by atoms with E-state index in [1.807, 2.05) is 0 Å². The zero-order valence-electron chi connectivity index (χ0n) is 16.7. The Hall–Kier alpha value is 0.560. The summed E-state index contributed by atoms with van der Waals surface area (Å²) in [5.74, 6) is 0. The van der Waals surface area contributed by atoms with E-state index >= 15 is 0 Å². The molecule has 0 atom stereocenters. The average Bonchev–Trinajstić information content (AvgIpc) is 2.50. The minimum atomic E-state index is -4.49. The van der Waals surface area contributed by atoms with Crippen LogP contribution in [0, 0.1) is 0 Å². The molecule has 0 amide bonds. The predicted molar refractivity (Wildman–Crippen MR) is 97.6 cm³/mol. The van der Waals surface area contributed by atoms with Gasteiger partial charge in [-0.15, -0.1) is 0 Å². The number of unbranched alkanes of at least 4 members (excludes halogenated alkanes) is 11. The Bertz CT molecular complexity index is 372. The van der Waals surface area contributed by atoms with Gasteiger partial charge in [-0.05, 0) is 32.1 Å². The van der Waals surface area contributed by atoms with E-state index in [2.05, 4.69) is 19.1 Å². The van der Waals surface area contributed by atoms with Crippen LogP contribution in [-0.4, -0.2) is 15.3 Å². The first-order valence-corrected chi connectivity index (χ1v) is 10.8. The van der Waals surface area contributed by atoms with Gasteiger partial charge in [0.2, 0.25) is 5.52 Å². The van der Waals surface area contributed by atoms with Gasteiger partial charge in [-0.25, -0.2) is 0 Å². The van der Waals surface area contributed by atoms with Crippen molar-refractivity contribution in [2.75, 3.05) is 0 Å². The third-order valence-corrected chi connectivity index (χ3v) is 4.85. The molecule has 0 aliphatic heterocycles. The van der Waals surface area contributed by atoms with Crippen LogP contribution in [-0.2, 0) is 9.36 Å². The first-order valence-electron chi connectivity index (χ1n) is 9.22. The summed E-state index contributed by atoms with van der Waals surface area (Å²) in [6.45, 7) is 2.24. The van der Waals surface area contributed by atoms with Gasteiger partial charge >= 0.3 is 37.2 Å². The predicted octanol–water partition coefficient (Wildman–Crippen LogP) is 2.84. The summed E-state index contributed by atoms with van der Waals surface area (Å²) in [7, 11) is -4.49. The Balaban J connectivity index is -0.00000242. The molecule has 138 valence electrons. The van der Waals surface area contributed by atoms with Crippen molar-refractivity contribution in [3.63, 3.8) is 0 Å². The second-order valence-corrected chi connectivity index (χ2v) is 7.86. The number of carbonyl (C=O) groups is 1. The third kappa shape index (κ3) is 18.9. The molecule has 0 saturated carbocycles. The van der Waals surface area contributed by atoms with Crippen molar-refractivity contribution in [2.24, 2.45) is 0 Å². The molecular formula is C18H36NaO4P. The first kappa shape index (κ1) is 26.8. The molecule has 4 nitrogen and oxygen atoms in total. The van der Waals surface area contributed by atoms with E-state index in [0.717, 1.165) is 32.1 Å². The smallest absolute Gasteiger partial charge is 1.00 e. The molecule has 0 aromatic heterocycles. The summed E-state index contributed by atoms with van der Waals surface area (Å²) in [6, 6.07) is 0. The molecule has 0 aliphatic carbocycles. The summed E-state index contributed by atoms with van der Waals surface area (Å²) in [6.07, 6.45) is 19.7. The first-order chi connectivity index (χ1) is 11.0. The van der Waals surface area contributed by atoms with Gasteiger partial charge < -0.3 is 11.2 Å². The minimum absolute atomic E-state index is 0. The number of carbonyl (C=O) groups excluding carboxylic acids is 1. The molecular weight excluding hydrogens is 334 g/mol. The second kappa shape index (κ2) is 18.4. The Labute approximate surface area is 171 Å². The molecule has 0 rings (SSSR count). The van der Waals surface area contributed by atoms with Gasteiger partial charge in [-0.1, -0.05) is 70.4 Å². The van der Waals surface area contributed by atoms with Crippen LogP contribution in [0.1, 0.15) is 98.2 Å². The Morgan fingerprint density at radius 2 is 1.25 bits per heavy atom. The molecule has 6 heteroatoms. The molecule has 0 aliphatic rings. The number of hydrogen-bond donors (Lipinski definition) is 2. The van der Waals surface area contributed by atoms with Crippen molar-refractivity contribution in [3.8, 4) is 0 Å². The van der Waals surface area contributed by atoms with Gasteiger partial charge in [-0.3, -0.25) is 9.36 Å². The SMILES string of the molecule is CCCCCCCCC=CCCCCCCCC(=O)P(=O)(O)O.[H-].[Na+]. The molecule has 2 N–H and O–H groups in total. The third-order valence-electron chi connectivity index (χ3n) is 3.98. The van der Waals surface area contributed by atoms with E-state index in [4.69, 9.17) is 9.79 Å². The summed E-state index contributed by atoms with van der Waals surface area (Å²) >= 11 is 0. The van der Waals surface area contributed by atoms with Gasteiger partial charge in [0, 0.05) is 6.42 Å². The summed E-state index contributed by atoms with van der Waals surface area (Å²) in [4.78, 5) is 28.3. The van der Waals surface area contributed by atoms with Crippen molar-refractivity contribution in [1.29, 1.82) is 0 Å². The fourth-order valence-corrected chi connectivity index (χ4v) is 2.94. The molecule has 0 saturated heterocycles. The van der Waals surface area contributed by atoms with E-state index in [9.17, 15) is 9.36 Å². The van der Waals surface area contributed by atoms with E-state index in [-0.39, 0.29) is 37.4 Å². The van der Waals surface area contributed by atoms with Crippen LogP contribution < -0.4 is 29.6 Å². The molecule has 0 aromatic rings. The van der Waals surface area contributed by atoms with Crippen molar-refractivity contribution in [2.45, 2.75) is 96.8 Å². The zero-order chi connectivity index (χ0) is 17.4. The number of rotatable bonds is 16. The quantitative estimate of drug-likeness (QED) is 0.190. The molecule has 24 heavy (non-hydrogen) atoms. The fraction of sp³-hybridized carbons (Fsp3) is 0.833. The maximum atomic E-state index is 11.0. The normalized spacial score (nSPS) is 11.6. The van der Waals surface area contributed by atoms with Gasteiger partial charge in [0.05, 0.1) is 0 Å². The topological polar surface area (TPSA) is 74.6 Å². The van der Waals surface area contributed by atoms with Crippen LogP contribution >= 0.6 is 7.60 Å². The van der Waals surface area contributed by atoms with Crippen molar-refractivity contribution in [3.05, 3.63) is 12.2 Å². The van der Waals surface area contributed by atoms with Crippen LogP contribution in [0.5, 0.6) is 0 Å². The molecule has 0 aromatic carbocycles. The summed E-state index contributed by atoms with van der Waals surface area (Å²) in [5, 5.41) is 0. The van der Waals surface area contributed by atoms with Crippen molar-refractivity contribution in [1.82, 2.24) is 0 Å². The van der Waals surface area contributed by atoms with Crippen LogP contribution in [0.3, 0.4) is 0 Å². The molecule has 0 spiro atoms. The van der Waals surface area contributed by atoms with Gasteiger partial charge in [0.15, 0.2) is 0 Å². The number of hydrogen-bond acceptors (Lipinski definition) is 2. The Morgan fingerprint density at radius 3 is 1.71 bits per heavy atom. The van der Waals surface area contributed by atoms with Crippen LogP contribution in [0.2, 0.25) is 0 Å². The van der Waals surface area contributed by atoms with Crippen molar-refractivity contribution < 1.29 is 50.1 Å². The largest absolute Gasteiger partial charge is 1.00 e. The molecule has 0 heterocycles. The Kier molecular flexibility index (Phi) is 20.5. The molecule has 0 unspecified atom stereocenters. The van der Waals surface area contributed by atoms with E-state index < -0.39 is 13.1 Å². The Morgan fingerprint density at radius 1 is 0.833 bits per heavy atom. The zero-order valence-corrected chi connectivity index (χ0v) is 18.6. The molecule has 0 radical (unpaired) electrons. The van der Waals surface area contributed by atoms with E-state index in [1.165, 1.54) is 44.9 Å². The summed E-state index contributed by atoms with van der Waals surface area (Å²) < 4.78 is 10.6.